The van der Waals surface area contributed by atoms with Crippen LogP contribution < -0.4 is 4.90 Å². The van der Waals surface area contributed by atoms with Crippen LogP contribution in [0.2, 0.25) is 0 Å². The van der Waals surface area contributed by atoms with E-state index >= 15 is 0 Å². The van der Waals surface area contributed by atoms with Gasteiger partial charge in [0.25, 0.3) is 0 Å². The molecule has 58 heavy (non-hydrogen) atoms. The smallest absolute Gasteiger partial charge is 0.140 e. The van der Waals surface area contributed by atoms with Crippen LogP contribution in [0.1, 0.15) is 0 Å². The zero-order valence-electron chi connectivity index (χ0n) is 31.4. The summed E-state index contributed by atoms with van der Waals surface area (Å²) in [5.74, 6) is 1.77. The zero-order chi connectivity index (χ0) is 38.2. The summed E-state index contributed by atoms with van der Waals surface area (Å²) in [4.78, 5) is 7.74. The summed E-state index contributed by atoms with van der Waals surface area (Å²) in [5.41, 5.74) is 11.3. The molecule has 5 nitrogen and oxygen atoms in total. The summed E-state index contributed by atoms with van der Waals surface area (Å²) in [6.07, 6.45) is 0. The van der Waals surface area contributed by atoms with Gasteiger partial charge < -0.3 is 9.47 Å². The number of pyridine rings is 1. The van der Waals surface area contributed by atoms with Gasteiger partial charge in [-0.15, -0.1) is 0 Å². The van der Waals surface area contributed by atoms with Crippen molar-refractivity contribution in [3.8, 4) is 17.3 Å². The number of para-hydroxylation sites is 6. The average molecular weight is 742 g/mol. The van der Waals surface area contributed by atoms with E-state index in [1.165, 1.54) is 43.4 Å². The predicted molar refractivity (Wildman–Crippen MR) is 242 cm³/mol. The highest BCUT2D eigenvalue weighted by atomic mass is 15.1. The molecule has 0 spiro atoms. The quantitative estimate of drug-likeness (QED) is 0.170. The van der Waals surface area contributed by atoms with Crippen LogP contribution in [-0.2, 0) is 0 Å². The second-order valence-corrected chi connectivity index (χ2v) is 14.8. The first-order valence-corrected chi connectivity index (χ1v) is 19.7. The van der Waals surface area contributed by atoms with Gasteiger partial charge in [0.15, 0.2) is 0 Å². The van der Waals surface area contributed by atoms with E-state index in [-0.39, 0.29) is 0 Å². The Labute approximate surface area is 334 Å². The van der Waals surface area contributed by atoms with Crippen LogP contribution in [-0.4, -0.2) is 18.7 Å². The molecule has 0 atom stereocenters. The van der Waals surface area contributed by atoms with Crippen molar-refractivity contribution in [3.63, 3.8) is 0 Å². The maximum absolute atomic E-state index is 5.44. The molecule has 0 aliphatic heterocycles. The molecule has 0 unspecified atom stereocenters. The maximum Gasteiger partial charge on any atom is 0.140 e. The van der Waals surface area contributed by atoms with Gasteiger partial charge in [-0.2, -0.15) is 0 Å². The molecule has 0 saturated carbocycles. The third-order valence-corrected chi connectivity index (χ3v) is 11.6. The fourth-order valence-electron chi connectivity index (χ4n) is 9.23. The van der Waals surface area contributed by atoms with Gasteiger partial charge >= 0.3 is 0 Å². The summed E-state index contributed by atoms with van der Waals surface area (Å²) in [6, 6.07) is 75.8. The Bertz CT molecular complexity index is 3410. The molecule has 0 amide bonds. The fraction of sp³-hybridized carbons (Fsp3) is 0. The van der Waals surface area contributed by atoms with E-state index in [1.807, 2.05) is 0 Å². The number of aromatic nitrogens is 4. The Morgan fingerprint density at radius 3 is 1.17 bits per heavy atom. The molecular weight excluding hydrogens is 707 g/mol. The minimum absolute atomic E-state index is 0.880. The SMILES string of the molecule is c1ccc(N(c2ccccc2)c2ccc(-n3c4ccccc4c4c5c6ccccc6n(-c6cccc(-n7c8ccccc8c8ccccc87)n6)c5ccc43)cc2)cc1. The van der Waals surface area contributed by atoms with E-state index in [0.29, 0.717) is 0 Å². The zero-order valence-corrected chi connectivity index (χ0v) is 31.4. The largest absolute Gasteiger partial charge is 0.311 e. The van der Waals surface area contributed by atoms with Gasteiger partial charge in [0.1, 0.15) is 11.6 Å². The van der Waals surface area contributed by atoms with Crippen LogP contribution in [0.3, 0.4) is 0 Å². The van der Waals surface area contributed by atoms with Gasteiger partial charge in [0.05, 0.1) is 33.1 Å². The van der Waals surface area contributed by atoms with Gasteiger partial charge in [-0.3, -0.25) is 9.13 Å². The molecule has 8 aromatic carbocycles. The number of benzene rings is 8. The Morgan fingerprint density at radius 1 is 0.276 bits per heavy atom. The standard InChI is InChI=1S/C53H35N5/c1-3-16-36(17-4-1)55(37-18-5-2-6-19-37)38-30-32-39(33-31-38)56-46-26-13-9-22-42(46)52-48(56)34-35-49-53(52)43-23-10-14-27-47(43)58(49)51-29-15-28-50(54-51)57-44-24-11-7-20-40(44)41-21-8-12-25-45(41)57/h1-35H. The van der Waals surface area contributed by atoms with E-state index in [4.69, 9.17) is 4.98 Å². The van der Waals surface area contributed by atoms with Crippen molar-refractivity contribution < 1.29 is 0 Å². The number of hydrogen-bond donors (Lipinski definition) is 0. The van der Waals surface area contributed by atoms with E-state index in [1.54, 1.807) is 0 Å². The molecule has 5 heteroatoms. The van der Waals surface area contributed by atoms with E-state index in [0.717, 1.165) is 56.5 Å². The lowest BCUT2D eigenvalue weighted by molar-refractivity contribution is 1.01. The minimum atomic E-state index is 0.880. The number of anilines is 3. The second kappa shape index (κ2) is 12.8. The lowest BCUT2D eigenvalue weighted by Gasteiger charge is -2.25. The Morgan fingerprint density at radius 2 is 0.655 bits per heavy atom. The molecule has 0 saturated heterocycles. The van der Waals surface area contributed by atoms with Gasteiger partial charge in [-0.05, 0) is 97.1 Å². The molecular formula is C53H35N5. The van der Waals surface area contributed by atoms with E-state index in [2.05, 4.69) is 231 Å². The summed E-state index contributed by atoms with van der Waals surface area (Å²) < 4.78 is 7.04. The highest BCUT2D eigenvalue weighted by Crippen LogP contribution is 2.43. The maximum atomic E-state index is 5.44. The third kappa shape index (κ3) is 4.80. The minimum Gasteiger partial charge on any atom is -0.311 e. The molecule has 4 aromatic heterocycles. The van der Waals surface area contributed by atoms with Crippen molar-refractivity contribution in [1.29, 1.82) is 0 Å². The monoisotopic (exact) mass is 741 g/mol. The normalized spacial score (nSPS) is 11.8. The lowest BCUT2D eigenvalue weighted by Crippen LogP contribution is -2.09. The first-order valence-electron chi connectivity index (χ1n) is 19.7. The topological polar surface area (TPSA) is 30.9 Å². The fourth-order valence-corrected chi connectivity index (χ4v) is 9.23. The molecule has 12 aromatic rings. The molecule has 0 N–H and O–H groups in total. The van der Waals surface area contributed by atoms with E-state index in [9.17, 15) is 0 Å². The summed E-state index contributed by atoms with van der Waals surface area (Å²) in [7, 11) is 0. The van der Waals surface area contributed by atoms with Crippen molar-refractivity contribution in [2.75, 3.05) is 4.90 Å². The second-order valence-electron chi connectivity index (χ2n) is 14.8. The molecule has 0 bridgehead atoms. The van der Waals surface area contributed by atoms with Crippen LogP contribution in [0.15, 0.2) is 212 Å². The van der Waals surface area contributed by atoms with Gasteiger partial charge in [0.2, 0.25) is 0 Å². The highest BCUT2D eigenvalue weighted by Gasteiger charge is 2.22. The van der Waals surface area contributed by atoms with Crippen LogP contribution in [0.25, 0.3) is 82.7 Å². The third-order valence-electron chi connectivity index (χ3n) is 11.6. The molecule has 12 rings (SSSR count). The van der Waals surface area contributed by atoms with E-state index < -0.39 is 0 Å². The summed E-state index contributed by atoms with van der Waals surface area (Å²) >= 11 is 0. The van der Waals surface area contributed by atoms with Crippen molar-refractivity contribution >= 4 is 82.5 Å². The number of nitrogens with zero attached hydrogens (tertiary/aromatic N) is 5. The van der Waals surface area contributed by atoms with Crippen molar-refractivity contribution in [1.82, 2.24) is 18.7 Å². The van der Waals surface area contributed by atoms with Crippen LogP contribution >= 0.6 is 0 Å². The van der Waals surface area contributed by atoms with Crippen LogP contribution in [0.4, 0.5) is 17.1 Å². The van der Waals surface area contributed by atoms with Gasteiger partial charge in [-0.1, -0.05) is 115 Å². The average Bonchev–Trinajstić information content (AvgIpc) is 3.93. The Hall–Kier alpha value is -7.89. The molecule has 0 fully saturated rings. The van der Waals surface area contributed by atoms with Gasteiger partial charge in [0, 0.05) is 55.1 Å². The summed E-state index contributed by atoms with van der Waals surface area (Å²) in [5, 5.41) is 7.33. The van der Waals surface area contributed by atoms with Crippen LogP contribution in [0, 0.1) is 0 Å². The molecule has 0 radical (unpaired) electrons. The lowest BCUT2D eigenvalue weighted by atomic mass is 10.1. The molecule has 0 aliphatic carbocycles. The first kappa shape index (κ1) is 32.4. The number of rotatable bonds is 6. The summed E-state index contributed by atoms with van der Waals surface area (Å²) in [6.45, 7) is 0. The molecule has 4 heterocycles. The van der Waals surface area contributed by atoms with Crippen LogP contribution in [0.5, 0.6) is 0 Å². The predicted octanol–water partition coefficient (Wildman–Crippen LogP) is 13.8. The number of fused-ring (bicyclic) bond motifs is 10. The Kier molecular flexibility index (Phi) is 7.16. The van der Waals surface area contributed by atoms with Crippen molar-refractivity contribution in [2.45, 2.75) is 0 Å². The number of hydrogen-bond acceptors (Lipinski definition) is 2. The molecule has 272 valence electrons. The highest BCUT2D eigenvalue weighted by molar-refractivity contribution is 6.28. The van der Waals surface area contributed by atoms with Crippen molar-refractivity contribution in [2.24, 2.45) is 0 Å². The Balaban J connectivity index is 1.06. The molecule has 0 aliphatic rings. The van der Waals surface area contributed by atoms with Gasteiger partial charge in [-0.25, -0.2) is 4.98 Å². The van der Waals surface area contributed by atoms with Crippen molar-refractivity contribution in [3.05, 3.63) is 212 Å². The first-order chi connectivity index (χ1) is 28.8.